The number of anilines is 1. The highest BCUT2D eigenvalue weighted by Gasteiger charge is 2.28. The van der Waals surface area contributed by atoms with Crippen LogP contribution in [0.1, 0.15) is 42.6 Å². The molecule has 3 rings (SSSR count). The molecule has 170 valence electrons. The molecule has 0 unspecified atom stereocenters. The molecular weight excluding hydrogens is 428 g/mol. The second-order valence-electron chi connectivity index (χ2n) is 7.77. The van der Waals surface area contributed by atoms with Gasteiger partial charge in [-0.1, -0.05) is 19.1 Å². The summed E-state index contributed by atoms with van der Waals surface area (Å²) in [4.78, 5) is 24.1. The highest BCUT2D eigenvalue weighted by atomic mass is 32.2. The molecule has 7 nitrogen and oxygen atoms in total. The van der Waals surface area contributed by atoms with Crippen molar-refractivity contribution in [3.05, 3.63) is 65.7 Å². The molecule has 1 fully saturated rings. The Morgan fingerprint density at radius 3 is 2.28 bits per heavy atom. The van der Waals surface area contributed by atoms with E-state index in [-0.39, 0.29) is 10.8 Å². The van der Waals surface area contributed by atoms with Crippen molar-refractivity contribution in [2.45, 2.75) is 31.6 Å². The molecule has 1 saturated heterocycles. The number of nitrogens with zero attached hydrogens (tertiary/aromatic N) is 1. The standard InChI is InChI=1S/C24H28N2O5S/c1-3-31-23(27)13-6-19-4-9-21(10-5-19)25-24(28)20-7-11-22(12-8-20)32(29,30)26-16-14-18(2)15-17-26/h4-13,18H,3,14-17H2,1-2H3,(H,25,28)/b13-6+. The molecule has 1 aliphatic rings. The van der Waals surface area contributed by atoms with Gasteiger partial charge < -0.3 is 10.1 Å². The van der Waals surface area contributed by atoms with E-state index in [9.17, 15) is 18.0 Å². The maximum absolute atomic E-state index is 12.8. The summed E-state index contributed by atoms with van der Waals surface area (Å²) in [6.45, 7) is 5.24. The van der Waals surface area contributed by atoms with E-state index in [4.69, 9.17) is 4.74 Å². The van der Waals surface area contributed by atoms with E-state index < -0.39 is 16.0 Å². The lowest BCUT2D eigenvalue weighted by Gasteiger charge is -2.29. The minimum atomic E-state index is -3.54. The van der Waals surface area contributed by atoms with Crippen molar-refractivity contribution in [3.8, 4) is 0 Å². The van der Waals surface area contributed by atoms with Gasteiger partial charge in [-0.2, -0.15) is 4.31 Å². The number of nitrogens with one attached hydrogen (secondary N) is 1. The van der Waals surface area contributed by atoms with Crippen LogP contribution >= 0.6 is 0 Å². The molecule has 1 aliphatic heterocycles. The van der Waals surface area contributed by atoms with Crippen molar-refractivity contribution >= 4 is 33.7 Å². The van der Waals surface area contributed by atoms with E-state index >= 15 is 0 Å². The molecule has 1 amide bonds. The van der Waals surface area contributed by atoms with Crippen molar-refractivity contribution in [3.63, 3.8) is 0 Å². The highest BCUT2D eigenvalue weighted by Crippen LogP contribution is 2.24. The molecule has 2 aromatic rings. The number of carbonyl (C=O) groups is 2. The first-order chi connectivity index (χ1) is 15.3. The number of rotatable bonds is 7. The zero-order valence-corrected chi connectivity index (χ0v) is 19.1. The molecule has 0 atom stereocenters. The number of sulfonamides is 1. The molecule has 8 heteroatoms. The van der Waals surface area contributed by atoms with Crippen molar-refractivity contribution in [1.29, 1.82) is 0 Å². The van der Waals surface area contributed by atoms with E-state index in [1.165, 1.54) is 34.6 Å². The lowest BCUT2D eigenvalue weighted by atomic mass is 10.0. The number of ether oxygens (including phenoxy) is 1. The van der Waals surface area contributed by atoms with Gasteiger partial charge in [-0.15, -0.1) is 0 Å². The summed E-state index contributed by atoms with van der Waals surface area (Å²) >= 11 is 0. The van der Waals surface area contributed by atoms with E-state index in [1.807, 2.05) is 0 Å². The number of hydrogen-bond acceptors (Lipinski definition) is 5. The number of amides is 1. The second kappa shape index (κ2) is 10.6. The maximum atomic E-state index is 12.8. The lowest BCUT2D eigenvalue weighted by Crippen LogP contribution is -2.37. The molecule has 0 saturated carbocycles. The fourth-order valence-electron chi connectivity index (χ4n) is 3.39. The van der Waals surface area contributed by atoms with Crippen LogP contribution in [0.2, 0.25) is 0 Å². The molecule has 0 aliphatic carbocycles. The third-order valence-electron chi connectivity index (χ3n) is 5.36. The Labute approximate surface area is 189 Å². The quantitative estimate of drug-likeness (QED) is 0.503. The van der Waals surface area contributed by atoms with Crippen LogP contribution in [0.5, 0.6) is 0 Å². The molecule has 0 radical (unpaired) electrons. The normalized spacial score (nSPS) is 15.6. The van der Waals surface area contributed by atoms with Gasteiger partial charge in [0, 0.05) is 30.4 Å². The number of benzene rings is 2. The van der Waals surface area contributed by atoms with Crippen LogP contribution in [0.25, 0.3) is 6.08 Å². The molecule has 0 spiro atoms. The van der Waals surface area contributed by atoms with E-state index in [0.29, 0.717) is 36.9 Å². The molecule has 2 aromatic carbocycles. The first kappa shape index (κ1) is 23.7. The van der Waals surface area contributed by atoms with Gasteiger partial charge in [0.2, 0.25) is 10.0 Å². The van der Waals surface area contributed by atoms with Gasteiger partial charge in [-0.3, -0.25) is 4.79 Å². The molecule has 1 N–H and O–H groups in total. The summed E-state index contributed by atoms with van der Waals surface area (Å²) < 4.78 is 32.0. The SMILES string of the molecule is CCOC(=O)/C=C/c1ccc(NC(=O)c2ccc(S(=O)(=O)N3CCC(C)CC3)cc2)cc1. The van der Waals surface area contributed by atoms with Gasteiger partial charge in [0.05, 0.1) is 11.5 Å². The fourth-order valence-corrected chi connectivity index (χ4v) is 4.86. The van der Waals surface area contributed by atoms with Gasteiger partial charge in [0.15, 0.2) is 0 Å². The predicted octanol–water partition coefficient (Wildman–Crippen LogP) is 3.94. The summed E-state index contributed by atoms with van der Waals surface area (Å²) in [7, 11) is -3.54. The van der Waals surface area contributed by atoms with Crippen LogP contribution in [-0.2, 0) is 19.6 Å². The Kier molecular flexibility index (Phi) is 7.82. The summed E-state index contributed by atoms with van der Waals surface area (Å²) in [6, 6.07) is 13.0. The fraction of sp³-hybridized carbons (Fsp3) is 0.333. The van der Waals surface area contributed by atoms with E-state index in [2.05, 4.69) is 12.2 Å². The Morgan fingerprint density at radius 1 is 1.06 bits per heavy atom. The Hall–Kier alpha value is -2.97. The lowest BCUT2D eigenvalue weighted by molar-refractivity contribution is -0.137. The third kappa shape index (κ3) is 6.05. The number of esters is 1. The first-order valence-corrected chi connectivity index (χ1v) is 12.1. The summed E-state index contributed by atoms with van der Waals surface area (Å²) in [5.74, 6) is -0.212. The number of piperidine rings is 1. The molecule has 32 heavy (non-hydrogen) atoms. The van der Waals surface area contributed by atoms with Gasteiger partial charge >= 0.3 is 5.97 Å². The van der Waals surface area contributed by atoms with Crippen molar-refractivity contribution in [1.82, 2.24) is 4.31 Å². The van der Waals surface area contributed by atoms with Crippen LogP contribution in [0.3, 0.4) is 0 Å². The summed E-state index contributed by atoms with van der Waals surface area (Å²) in [6.07, 6.45) is 4.69. The van der Waals surface area contributed by atoms with E-state index in [0.717, 1.165) is 18.4 Å². The molecule has 1 heterocycles. The Morgan fingerprint density at radius 2 is 1.69 bits per heavy atom. The van der Waals surface area contributed by atoms with E-state index in [1.54, 1.807) is 37.3 Å². The topological polar surface area (TPSA) is 92.8 Å². The smallest absolute Gasteiger partial charge is 0.330 e. The molecule has 0 bridgehead atoms. The number of hydrogen-bond donors (Lipinski definition) is 1. The Balaban J connectivity index is 1.62. The summed E-state index contributed by atoms with van der Waals surface area (Å²) in [5, 5.41) is 2.78. The van der Waals surface area contributed by atoms with Gasteiger partial charge in [-0.05, 0) is 73.7 Å². The van der Waals surface area contributed by atoms with Crippen molar-refractivity contribution in [2.24, 2.45) is 5.92 Å². The summed E-state index contributed by atoms with van der Waals surface area (Å²) in [5.41, 5.74) is 1.74. The van der Waals surface area contributed by atoms with Crippen LogP contribution in [0.15, 0.2) is 59.5 Å². The third-order valence-corrected chi connectivity index (χ3v) is 7.28. The zero-order chi connectivity index (χ0) is 23.1. The zero-order valence-electron chi connectivity index (χ0n) is 18.3. The average Bonchev–Trinajstić information content (AvgIpc) is 2.79. The monoisotopic (exact) mass is 456 g/mol. The largest absolute Gasteiger partial charge is 0.463 e. The minimum absolute atomic E-state index is 0.196. The van der Waals surface area contributed by atoms with Gasteiger partial charge in [0.25, 0.3) is 5.91 Å². The average molecular weight is 457 g/mol. The Bertz CT molecular complexity index is 1070. The second-order valence-corrected chi connectivity index (χ2v) is 9.71. The molecular formula is C24H28N2O5S. The highest BCUT2D eigenvalue weighted by molar-refractivity contribution is 7.89. The number of carbonyl (C=O) groups excluding carboxylic acids is 2. The van der Waals surface area contributed by atoms with Crippen molar-refractivity contribution in [2.75, 3.05) is 25.0 Å². The van der Waals surface area contributed by atoms with Crippen LogP contribution < -0.4 is 5.32 Å². The molecule has 0 aromatic heterocycles. The first-order valence-electron chi connectivity index (χ1n) is 10.7. The van der Waals surface area contributed by atoms with Crippen LogP contribution in [0.4, 0.5) is 5.69 Å². The van der Waals surface area contributed by atoms with Crippen molar-refractivity contribution < 1.29 is 22.7 Å². The van der Waals surface area contributed by atoms with Gasteiger partial charge in [-0.25, -0.2) is 13.2 Å². The maximum Gasteiger partial charge on any atom is 0.330 e. The van der Waals surface area contributed by atoms with Gasteiger partial charge in [0.1, 0.15) is 0 Å². The van der Waals surface area contributed by atoms with Crippen LogP contribution in [-0.4, -0.2) is 44.3 Å². The minimum Gasteiger partial charge on any atom is -0.463 e. The predicted molar refractivity (Wildman–Crippen MR) is 124 cm³/mol. The van der Waals surface area contributed by atoms with Crippen LogP contribution in [0, 0.1) is 5.92 Å².